The van der Waals surface area contributed by atoms with Gasteiger partial charge in [0.25, 0.3) is 0 Å². The van der Waals surface area contributed by atoms with Crippen LogP contribution >= 0.6 is 0 Å². The zero-order chi connectivity index (χ0) is 20.7. The third-order valence-corrected chi connectivity index (χ3v) is 6.49. The number of rotatable bonds is 5. The van der Waals surface area contributed by atoms with E-state index in [2.05, 4.69) is 48.3 Å². The Morgan fingerprint density at radius 1 is 1.10 bits per heavy atom. The van der Waals surface area contributed by atoms with Gasteiger partial charge in [0.05, 0.1) is 6.04 Å². The minimum Gasteiger partial charge on any atom is -0.382 e. The van der Waals surface area contributed by atoms with E-state index in [1.54, 1.807) is 0 Å². The molecule has 2 aromatic rings. The highest BCUT2D eigenvalue weighted by molar-refractivity contribution is 6.15. The van der Waals surface area contributed by atoms with Gasteiger partial charge >= 0.3 is 0 Å². The van der Waals surface area contributed by atoms with Gasteiger partial charge in [0.15, 0.2) is 5.78 Å². The molecule has 3 heteroatoms. The van der Waals surface area contributed by atoms with E-state index in [-0.39, 0.29) is 23.5 Å². The zero-order valence-corrected chi connectivity index (χ0v) is 17.5. The van der Waals surface area contributed by atoms with Crippen LogP contribution < -0.4 is 5.32 Å². The highest BCUT2D eigenvalue weighted by atomic mass is 16.2. The highest BCUT2D eigenvalue weighted by Crippen LogP contribution is 2.39. The Morgan fingerprint density at radius 3 is 2.52 bits per heavy atom. The van der Waals surface area contributed by atoms with Crippen LogP contribution in [0, 0.1) is 26.7 Å². The number of nitrogens with one attached hydrogen (secondary N) is 1. The smallest absolute Gasteiger partial charge is 0.151 e. The molecular weight excluding hydrogens is 358 g/mol. The molecule has 3 nitrogen and oxygen atoms in total. The fourth-order valence-corrected chi connectivity index (χ4v) is 5.29. The monoisotopic (exact) mass is 387 g/mol. The second kappa shape index (κ2) is 7.62. The van der Waals surface area contributed by atoms with E-state index < -0.39 is 5.92 Å². The van der Waals surface area contributed by atoms with Crippen molar-refractivity contribution in [2.24, 2.45) is 5.92 Å². The molecule has 0 aromatic heterocycles. The van der Waals surface area contributed by atoms with Crippen molar-refractivity contribution in [1.82, 2.24) is 5.32 Å². The number of benzene rings is 2. The van der Waals surface area contributed by atoms with Crippen molar-refractivity contribution in [2.75, 3.05) is 0 Å². The summed E-state index contributed by atoms with van der Waals surface area (Å²) in [7, 11) is 0. The van der Waals surface area contributed by atoms with Crippen LogP contribution in [-0.4, -0.2) is 11.6 Å². The summed E-state index contributed by atoms with van der Waals surface area (Å²) >= 11 is 0. The Balaban J connectivity index is 1.47. The Bertz CT molecular complexity index is 981. The lowest BCUT2D eigenvalue weighted by Gasteiger charge is -2.20. The number of hydrogen-bond donors (Lipinski definition) is 1. The van der Waals surface area contributed by atoms with Crippen molar-refractivity contribution in [3.63, 3.8) is 0 Å². The summed E-state index contributed by atoms with van der Waals surface area (Å²) in [5.74, 6) is -0.779. The molecule has 2 aromatic carbocycles. The Morgan fingerprint density at radius 2 is 1.79 bits per heavy atom. The van der Waals surface area contributed by atoms with E-state index >= 15 is 0 Å². The first-order valence-electron chi connectivity index (χ1n) is 10.5. The van der Waals surface area contributed by atoms with Crippen molar-refractivity contribution in [2.45, 2.75) is 58.4 Å². The van der Waals surface area contributed by atoms with Crippen molar-refractivity contribution >= 4 is 11.6 Å². The molecule has 1 saturated carbocycles. The summed E-state index contributed by atoms with van der Waals surface area (Å²) in [4.78, 5) is 26.0. The first kappa shape index (κ1) is 19.6. The lowest BCUT2D eigenvalue weighted by atomic mass is 9.86. The average molecular weight is 388 g/mol. The van der Waals surface area contributed by atoms with Gasteiger partial charge in [-0.05, 0) is 67.9 Å². The fraction of sp³-hybridized carbons (Fsp3) is 0.385. The molecule has 4 rings (SSSR count). The van der Waals surface area contributed by atoms with Crippen LogP contribution in [0.25, 0.3) is 0 Å². The minimum atomic E-state index is -0.611. The van der Waals surface area contributed by atoms with Gasteiger partial charge in [-0.2, -0.15) is 0 Å². The van der Waals surface area contributed by atoms with E-state index in [4.69, 9.17) is 0 Å². The summed E-state index contributed by atoms with van der Waals surface area (Å²) in [6.07, 6.45) is 2.96. The molecule has 2 aliphatic rings. The van der Waals surface area contributed by atoms with Crippen molar-refractivity contribution in [3.8, 4) is 0 Å². The van der Waals surface area contributed by atoms with Crippen LogP contribution in [0.2, 0.25) is 0 Å². The van der Waals surface area contributed by atoms with Gasteiger partial charge in [0.1, 0.15) is 11.7 Å². The molecule has 3 atom stereocenters. The molecule has 0 aliphatic heterocycles. The maximum atomic E-state index is 13.2. The molecular formula is C26H29NO2. The summed E-state index contributed by atoms with van der Waals surface area (Å²) < 4.78 is 0. The van der Waals surface area contributed by atoms with Gasteiger partial charge in [-0.15, -0.1) is 0 Å². The second-order valence-electron chi connectivity index (χ2n) is 8.76. The van der Waals surface area contributed by atoms with Crippen LogP contribution in [0.3, 0.4) is 0 Å². The van der Waals surface area contributed by atoms with Gasteiger partial charge < -0.3 is 5.32 Å². The first-order chi connectivity index (χ1) is 13.8. The third-order valence-electron chi connectivity index (χ3n) is 6.49. The van der Waals surface area contributed by atoms with Crippen molar-refractivity contribution in [3.05, 3.63) is 82.1 Å². The Kier molecular flexibility index (Phi) is 5.16. The second-order valence-corrected chi connectivity index (χ2v) is 8.76. The van der Waals surface area contributed by atoms with Gasteiger partial charge in [-0.3, -0.25) is 9.59 Å². The summed E-state index contributed by atoms with van der Waals surface area (Å²) in [6.45, 7) is 10.2. The Labute approximate surface area is 173 Å². The zero-order valence-electron chi connectivity index (χ0n) is 17.5. The molecule has 0 saturated heterocycles. The summed E-state index contributed by atoms with van der Waals surface area (Å²) in [5, 5.41) is 3.52. The molecule has 150 valence electrons. The van der Waals surface area contributed by atoms with Gasteiger partial charge in [-0.1, -0.05) is 48.5 Å². The minimum absolute atomic E-state index is 0.0501. The van der Waals surface area contributed by atoms with E-state index in [1.165, 1.54) is 11.1 Å². The number of carbonyl (C=O) groups excluding carboxylic acids is 2. The predicted molar refractivity (Wildman–Crippen MR) is 116 cm³/mol. The van der Waals surface area contributed by atoms with Crippen LogP contribution in [0.5, 0.6) is 0 Å². The van der Waals surface area contributed by atoms with E-state index in [1.807, 2.05) is 20.8 Å². The SMILES string of the molecule is C=C(CC1CC(=O)C(c2c(C)cc(C)cc2C)C1=O)NC1CCc2ccccc21. The van der Waals surface area contributed by atoms with Crippen molar-refractivity contribution in [1.29, 1.82) is 0 Å². The van der Waals surface area contributed by atoms with Gasteiger partial charge in [0.2, 0.25) is 0 Å². The standard InChI is InChI=1S/C26H29NO2/c1-15-11-16(2)24(17(3)12-15)25-23(28)14-20(26(25)29)13-18(4)27-22-10-9-19-7-5-6-8-21(19)22/h5-8,11-12,20,22,25,27H,4,9-10,13-14H2,1-3H3. The molecule has 1 N–H and O–H groups in total. The number of hydrogen-bond acceptors (Lipinski definition) is 3. The molecule has 29 heavy (non-hydrogen) atoms. The molecule has 2 aliphatic carbocycles. The molecule has 3 unspecified atom stereocenters. The number of carbonyl (C=O) groups is 2. The Hall–Kier alpha value is -2.68. The number of Topliss-reactive ketones (excluding diaryl/α,β-unsaturated/α-hetero) is 2. The van der Waals surface area contributed by atoms with Crippen LogP contribution in [-0.2, 0) is 16.0 Å². The quantitative estimate of drug-likeness (QED) is 0.732. The first-order valence-corrected chi connectivity index (χ1v) is 10.5. The molecule has 0 spiro atoms. The molecule has 0 radical (unpaired) electrons. The molecule has 0 bridgehead atoms. The van der Waals surface area contributed by atoms with Crippen LogP contribution in [0.4, 0.5) is 0 Å². The predicted octanol–water partition coefficient (Wildman–Crippen LogP) is 5.03. The lowest BCUT2D eigenvalue weighted by Crippen LogP contribution is -2.22. The highest BCUT2D eigenvalue weighted by Gasteiger charge is 2.43. The molecule has 0 heterocycles. The summed E-state index contributed by atoms with van der Waals surface area (Å²) in [6, 6.07) is 12.9. The average Bonchev–Trinajstić information content (AvgIpc) is 3.17. The third kappa shape index (κ3) is 3.66. The van der Waals surface area contributed by atoms with Gasteiger partial charge in [-0.25, -0.2) is 0 Å². The van der Waals surface area contributed by atoms with E-state index in [9.17, 15) is 9.59 Å². The normalized spacial score (nSPS) is 23.3. The maximum absolute atomic E-state index is 13.2. The van der Waals surface area contributed by atoms with Gasteiger partial charge in [0, 0.05) is 18.0 Å². The number of aryl methyl sites for hydroxylation is 4. The van der Waals surface area contributed by atoms with E-state index in [0.29, 0.717) is 12.8 Å². The van der Waals surface area contributed by atoms with Crippen LogP contribution in [0.1, 0.15) is 64.6 Å². The summed E-state index contributed by atoms with van der Waals surface area (Å²) in [5.41, 5.74) is 7.71. The maximum Gasteiger partial charge on any atom is 0.151 e. The van der Waals surface area contributed by atoms with E-state index in [0.717, 1.165) is 40.8 Å². The number of ketones is 2. The van der Waals surface area contributed by atoms with Crippen LogP contribution in [0.15, 0.2) is 48.7 Å². The fourth-order valence-electron chi connectivity index (χ4n) is 5.29. The number of fused-ring (bicyclic) bond motifs is 1. The molecule has 1 fully saturated rings. The lowest BCUT2D eigenvalue weighted by molar-refractivity contribution is -0.124. The molecule has 0 amide bonds. The topological polar surface area (TPSA) is 46.2 Å². The number of allylic oxidation sites excluding steroid dienone is 1. The largest absolute Gasteiger partial charge is 0.382 e. The van der Waals surface area contributed by atoms with Crippen molar-refractivity contribution < 1.29 is 9.59 Å².